The van der Waals surface area contributed by atoms with Crippen molar-refractivity contribution >= 4 is 17.6 Å². The van der Waals surface area contributed by atoms with Crippen molar-refractivity contribution in [3.63, 3.8) is 0 Å². The van der Waals surface area contributed by atoms with E-state index in [1.165, 1.54) is 0 Å². The molecular formula is C16H19N3O2. The van der Waals surface area contributed by atoms with E-state index < -0.39 is 5.97 Å². The Balaban J connectivity index is 0.00000106. The minimum Gasteiger partial charge on any atom is -0.423 e. The van der Waals surface area contributed by atoms with Crippen LogP contribution in [-0.4, -0.2) is 11.9 Å². The average molecular weight is 285 g/mol. The van der Waals surface area contributed by atoms with Crippen LogP contribution >= 0.6 is 0 Å². The Morgan fingerprint density at radius 1 is 0.952 bits per heavy atom. The van der Waals surface area contributed by atoms with E-state index in [9.17, 15) is 4.79 Å². The predicted octanol–water partition coefficient (Wildman–Crippen LogP) is 2.84. The van der Waals surface area contributed by atoms with Crippen molar-refractivity contribution in [3.05, 3.63) is 60.2 Å². The molecule has 0 aliphatic rings. The highest BCUT2D eigenvalue weighted by Crippen LogP contribution is 2.15. The van der Waals surface area contributed by atoms with E-state index in [1.807, 2.05) is 19.9 Å². The Morgan fingerprint density at radius 2 is 1.52 bits per heavy atom. The summed E-state index contributed by atoms with van der Waals surface area (Å²) in [5.41, 5.74) is 11.5. The van der Waals surface area contributed by atoms with Crippen molar-refractivity contribution < 1.29 is 9.53 Å². The molecule has 4 N–H and O–H groups in total. The SMILES string of the molecule is CC.NC(N)=Nc1ccc(C(=O)Oc2ccccc2)cc1. The second-order valence-corrected chi connectivity index (χ2v) is 3.79. The van der Waals surface area contributed by atoms with Gasteiger partial charge in [0.1, 0.15) is 5.75 Å². The molecule has 0 aliphatic heterocycles. The third kappa shape index (κ3) is 5.36. The second kappa shape index (κ2) is 8.37. The monoisotopic (exact) mass is 285 g/mol. The highest BCUT2D eigenvalue weighted by atomic mass is 16.5. The van der Waals surface area contributed by atoms with Crippen LogP contribution in [0.2, 0.25) is 0 Å². The van der Waals surface area contributed by atoms with E-state index in [4.69, 9.17) is 16.2 Å². The summed E-state index contributed by atoms with van der Waals surface area (Å²) in [4.78, 5) is 15.7. The zero-order valence-electron chi connectivity index (χ0n) is 12.1. The van der Waals surface area contributed by atoms with Crippen LogP contribution in [0.3, 0.4) is 0 Å². The Labute approximate surface area is 124 Å². The molecule has 0 heterocycles. The minimum atomic E-state index is -0.428. The van der Waals surface area contributed by atoms with Crippen LogP contribution in [0.25, 0.3) is 0 Å². The lowest BCUT2D eigenvalue weighted by atomic mass is 10.2. The Hall–Kier alpha value is -2.82. The molecule has 0 aliphatic carbocycles. The van der Waals surface area contributed by atoms with Gasteiger partial charge >= 0.3 is 5.97 Å². The van der Waals surface area contributed by atoms with Crippen LogP contribution in [0.4, 0.5) is 5.69 Å². The number of para-hydroxylation sites is 1. The molecule has 0 bridgehead atoms. The number of esters is 1. The molecule has 0 amide bonds. The molecular weight excluding hydrogens is 266 g/mol. The largest absolute Gasteiger partial charge is 0.423 e. The Bertz CT molecular complexity index is 589. The molecule has 0 radical (unpaired) electrons. The summed E-state index contributed by atoms with van der Waals surface area (Å²) in [5.74, 6) is 0.0443. The van der Waals surface area contributed by atoms with Gasteiger partial charge in [-0.3, -0.25) is 0 Å². The van der Waals surface area contributed by atoms with Crippen molar-refractivity contribution in [2.45, 2.75) is 13.8 Å². The number of rotatable bonds is 3. The number of guanidine groups is 1. The lowest BCUT2D eigenvalue weighted by Gasteiger charge is -2.04. The van der Waals surface area contributed by atoms with Gasteiger partial charge in [-0.15, -0.1) is 0 Å². The number of nitrogens with two attached hydrogens (primary N) is 2. The number of nitrogens with zero attached hydrogens (tertiary/aromatic N) is 1. The van der Waals surface area contributed by atoms with Crippen molar-refractivity contribution in [2.24, 2.45) is 16.5 Å². The summed E-state index contributed by atoms with van der Waals surface area (Å²) in [7, 11) is 0. The number of aliphatic imine (C=N–C) groups is 1. The van der Waals surface area contributed by atoms with Gasteiger partial charge in [-0.1, -0.05) is 32.0 Å². The average Bonchev–Trinajstić information content (AvgIpc) is 2.50. The van der Waals surface area contributed by atoms with Gasteiger partial charge in [0, 0.05) is 0 Å². The molecule has 5 nitrogen and oxygen atoms in total. The normalized spacial score (nSPS) is 9.05. The van der Waals surface area contributed by atoms with E-state index in [2.05, 4.69) is 4.99 Å². The maximum Gasteiger partial charge on any atom is 0.343 e. The van der Waals surface area contributed by atoms with Crippen molar-refractivity contribution in [1.29, 1.82) is 0 Å². The third-order valence-corrected chi connectivity index (χ3v) is 2.31. The Kier molecular flexibility index (Phi) is 6.47. The molecule has 2 rings (SSSR count). The number of ether oxygens (including phenoxy) is 1. The summed E-state index contributed by atoms with van der Waals surface area (Å²) in [5, 5.41) is 0. The van der Waals surface area contributed by atoms with Crippen LogP contribution in [0.1, 0.15) is 24.2 Å². The molecule has 110 valence electrons. The fourth-order valence-electron chi connectivity index (χ4n) is 1.48. The zero-order chi connectivity index (χ0) is 15.7. The molecule has 0 spiro atoms. The van der Waals surface area contributed by atoms with Crippen LogP contribution in [0, 0.1) is 0 Å². The van der Waals surface area contributed by atoms with Gasteiger partial charge in [0.05, 0.1) is 11.3 Å². The number of carbonyl (C=O) groups is 1. The van der Waals surface area contributed by atoms with E-state index in [0.29, 0.717) is 17.0 Å². The zero-order valence-corrected chi connectivity index (χ0v) is 12.1. The molecule has 21 heavy (non-hydrogen) atoms. The molecule has 2 aromatic carbocycles. The maximum atomic E-state index is 11.8. The summed E-state index contributed by atoms with van der Waals surface area (Å²) in [6, 6.07) is 15.4. The van der Waals surface area contributed by atoms with Gasteiger partial charge in [-0.05, 0) is 36.4 Å². The number of hydrogen-bond acceptors (Lipinski definition) is 3. The predicted molar refractivity (Wildman–Crippen MR) is 84.7 cm³/mol. The maximum absolute atomic E-state index is 11.8. The lowest BCUT2D eigenvalue weighted by molar-refractivity contribution is 0.0735. The number of benzene rings is 2. The van der Waals surface area contributed by atoms with Crippen LogP contribution < -0.4 is 16.2 Å². The molecule has 5 heteroatoms. The smallest absolute Gasteiger partial charge is 0.343 e. The van der Waals surface area contributed by atoms with Gasteiger partial charge in [-0.25, -0.2) is 9.79 Å². The number of hydrogen-bond donors (Lipinski definition) is 2. The third-order valence-electron chi connectivity index (χ3n) is 2.31. The molecule has 0 saturated carbocycles. The lowest BCUT2D eigenvalue weighted by Crippen LogP contribution is -2.21. The van der Waals surface area contributed by atoms with Gasteiger partial charge in [-0.2, -0.15) is 0 Å². The molecule has 0 fully saturated rings. The first kappa shape index (κ1) is 16.2. The highest BCUT2D eigenvalue weighted by molar-refractivity contribution is 5.91. The molecule has 0 atom stereocenters. The molecule has 2 aromatic rings. The summed E-state index contributed by atoms with van der Waals surface area (Å²) < 4.78 is 5.20. The van der Waals surface area contributed by atoms with E-state index >= 15 is 0 Å². The summed E-state index contributed by atoms with van der Waals surface area (Å²) >= 11 is 0. The fraction of sp³-hybridized carbons (Fsp3) is 0.125. The molecule has 0 unspecified atom stereocenters. The van der Waals surface area contributed by atoms with Crippen molar-refractivity contribution in [1.82, 2.24) is 0 Å². The van der Waals surface area contributed by atoms with Gasteiger partial charge in [0.15, 0.2) is 5.96 Å². The number of carbonyl (C=O) groups excluding carboxylic acids is 1. The van der Waals surface area contributed by atoms with Gasteiger partial charge in [0.2, 0.25) is 0 Å². The molecule has 0 aromatic heterocycles. The fourth-order valence-corrected chi connectivity index (χ4v) is 1.48. The van der Waals surface area contributed by atoms with Crippen LogP contribution in [0.15, 0.2) is 59.6 Å². The first-order valence-corrected chi connectivity index (χ1v) is 6.62. The summed E-state index contributed by atoms with van der Waals surface area (Å²) in [6.07, 6.45) is 0. The summed E-state index contributed by atoms with van der Waals surface area (Å²) in [6.45, 7) is 4.00. The van der Waals surface area contributed by atoms with Crippen LogP contribution in [-0.2, 0) is 0 Å². The first-order chi connectivity index (χ1) is 10.1. The first-order valence-electron chi connectivity index (χ1n) is 6.62. The van der Waals surface area contributed by atoms with Gasteiger partial charge in [0.25, 0.3) is 0 Å². The molecule has 0 saturated heterocycles. The second-order valence-electron chi connectivity index (χ2n) is 3.79. The standard InChI is InChI=1S/C14H13N3O2.C2H6/c15-14(16)17-11-8-6-10(7-9-11)13(18)19-12-4-2-1-3-5-12;1-2/h1-9H,(H4,15,16,17);1-2H3. The minimum absolute atomic E-state index is 0.0281. The topological polar surface area (TPSA) is 90.7 Å². The van der Waals surface area contributed by atoms with Gasteiger partial charge < -0.3 is 16.2 Å². The van der Waals surface area contributed by atoms with E-state index in [-0.39, 0.29) is 5.96 Å². The van der Waals surface area contributed by atoms with Crippen molar-refractivity contribution in [3.8, 4) is 5.75 Å². The Morgan fingerprint density at radius 3 is 2.05 bits per heavy atom. The van der Waals surface area contributed by atoms with E-state index in [1.54, 1.807) is 48.5 Å². The highest BCUT2D eigenvalue weighted by Gasteiger charge is 2.07. The van der Waals surface area contributed by atoms with E-state index in [0.717, 1.165) is 0 Å². The quantitative estimate of drug-likeness (QED) is 0.392. The van der Waals surface area contributed by atoms with Crippen molar-refractivity contribution in [2.75, 3.05) is 0 Å². The van der Waals surface area contributed by atoms with Crippen LogP contribution in [0.5, 0.6) is 5.75 Å².